The third-order valence-electron chi connectivity index (χ3n) is 1.42. The molecule has 1 aromatic rings. The zero-order chi connectivity index (χ0) is 9.84. The van der Waals surface area contributed by atoms with Crippen molar-refractivity contribution in [1.29, 1.82) is 0 Å². The molecule has 70 valence electrons. The summed E-state index contributed by atoms with van der Waals surface area (Å²) >= 11 is 1.14. The zero-order valence-corrected chi connectivity index (χ0v) is 8.76. The van der Waals surface area contributed by atoms with Gasteiger partial charge in [0.05, 0.1) is 0 Å². The van der Waals surface area contributed by atoms with Crippen LogP contribution >= 0.6 is 11.8 Å². The Hall–Kier alpha value is -1.03. The van der Waals surface area contributed by atoms with Crippen LogP contribution in [0.4, 0.5) is 4.79 Å². The Labute approximate surface area is 82.2 Å². The minimum absolute atomic E-state index is 0.00176. The predicted octanol–water partition coefficient (Wildman–Crippen LogP) is 2.16. The second-order valence-electron chi connectivity index (χ2n) is 2.88. The molecule has 4 heteroatoms. The first kappa shape index (κ1) is 10.1. The van der Waals surface area contributed by atoms with E-state index in [4.69, 9.17) is 0 Å². The van der Waals surface area contributed by atoms with E-state index in [2.05, 4.69) is 4.98 Å². The number of aryl methyl sites for hydroxylation is 1. The standard InChI is InChI=1S/C9H12N2OS/c1-7-5-4-6-8(10-7)13-9(12)11(2)3/h4-6H,1-3H3. The average molecular weight is 196 g/mol. The summed E-state index contributed by atoms with van der Waals surface area (Å²) < 4.78 is 0. The first-order valence-corrected chi connectivity index (χ1v) is 4.74. The van der Waals surface area contributed by atoms with Gasteiger partial charge in [-0.05, 0) is 30.8 Å². The lowest BCUT2D eigenvalue weighted by molar-refractivity contribution is 0.241. The van der Waals surface area contributed by atoms with Gasteiger partial charge in [-0.15, -0.1) is 0 Å². The highest BCUT2D eigenvalue weighted by Gasteiger charge is 2.06. The summed E-state index contributed by atoms with van der Waals surface area (Å²) in [6.07, 6.45) is 0. The quantitative estimate of drug-likeness (QED) is 0.645. The normalized spacial score (nSPS) is 9.77. The molecule has 0 N–H and O–H groups in total. The number of aromatic nitrogens is 1. The van der Waals surface area contributed by atoms with Crippen LogP contribution in [0.15, 0.2) is 23.2 Å². The van der Waals surface area contributed by atoms with E-state index in [0.717, 1.165) is 22.5 Å². The van der Waals surface area contributed by atoms with Crippen molar-refractivity contribution in [3.8, 4) is 0 Å². The molecule has 13 heavy (non-hydrogen) atoms. The van der Waals surface area contributed by atoms with Gasteiger partial charge in [0.25, 0.3) is 5.24 Å². The van der Waals surface area contributed by atoms with Gasteiger partial charge in [0.15, 0.2) is 0 Å². The number of hydrogen-bond donors (Lipinski definition) is 0. The van der Waals surface area contributed by atoms with Crippen molar-refractivity contribution < 1.29 is 4.79 Å². The number of thioether (sulfide) groups is 1. The fourth-order valence-corrected chi connectivity index (χ4v) is 1.45. The molecule has 0 saturated heterocycles. The Balaban J connectivity index is 2.69. The number of pyridine rings is 1. The van der Waals surface area contributed by atoms with E-state index >= 15 is 0 Å². The summed E-state index contributed by atoms with van der Waals surface area (Å²) in [7, 11) is 3.45. The molecular weight excluding hydrogens is 184 g/mol. The summed E-state index contributed by atoms with van der Waals surface area (Å²) in [5.74, 6) is 0. The van der Waals surface area contributed by atoms with E-state index in [9.17, 15) is 4.79 Å². The minimum Gasteiger partial charge on any atom is -0.339 e. The molecule has 0 fully saturated rings. The minimum atomic E-state index is -0.00176. The first-order chi connectivity index (χ1) is 6.09. The van der Waals surface area contributed by atoms with Crippen molar-refractivity contribution in [3.05, 3.63) is 23.9 Å². The van der Waals surface area contributed by atoms with Gasteiger partial charge < -0.3 is 4.90 Å². The van der Waals surface area contributed by atoms with Crippen molar-refractivity contribution in [1.82, 2.24) is 9.88 Å². The van der Waals surface area contributed by atoms with Gasteiger partial charge in [-0.25, -0.2) is 4.98 Å². The lowest BCUT2D eigenvalue weighted by Crippen LogP contribution is -2.16. The van der Waals surface area contributed by atoms with Gasteiger partial charge in [-0.2, -0.15) is 0 Å². The Bertz CT molecular complexity index is 312. The van der Waals surface area contributed by atoms with Crippen LogP contribution in [0, 0.1) is 6.92 Å². The Morgan fingerprint density at radius 2 is 2.15 bits per heavy atom. The fraction of sp³-hybridized carbons (Fsp3) is 0.333. The number of carbonyl (C=O) groups is 1. The van der Waals surface area contributed by atoms with E-state index < -0.39 is 0 Å². The molecule has 3 nitrogen and oxygen atoms in total. The molecule has 0 aliphatic carbocycles. The Morgan fingerprint density at radius 3 is 2.69 bits per heavy atom. The lowest BCUT2D eigenvalue weighted by Gasteiger charge is -2.08. The number of rotatable bonds is 1. The van der Waals surface area contributed by atoms with E-state index in [1.54, 1.807) is 14.1 Å². The number of nitrogens with zero attached hydrogens (tertiary/aromatic N) is 2. The summed E-state index contributed by atoms with van der Waals surface area (Å²) in [6, 6.07) is 5.64. The summed E-state index contributed by atoms with van der Waals surface area (Å²) in [6.45, 7) is 1.91. The van der Waals surface area contributed by atoms with Crippen molar-refractivity contribution in [3.63, 3.8) is 0 Å². The maximum atomic E-state index is 11.3. The van der Waals surface area contributed by atoms with Gasteiger partial charge in [0, 0.05) is 19.8 Å². The first-order valence-electron chi connectivity index (χ1n) is 3.92. The number of hydrogen-bond acceptors (Lipinski definition) is 3. The highest BCUT2D eigenvalue weighted by Crippen LogP contribution is 2.17. The average Bonchev–Trinajstić information content (AvgIpc) is 2.04. The molecule has 1 aromatic heterocycles. The van der Waals surface area contributed by atoms with Crippen molar-refractivity contribution in [2.45, 2.75) is 11.9 Å². The highest BCUT2D eigenvalue weighted by molar-refractivity contribution is 8.13. The van der Waals surface area contributed by atoms with Gasteiger partial charge in [0.2, 0.25) is 0 Å². The fourth-order valence-electron chi connectivity index (χ4n) is 0.756. The van der Waals surface area contributed by atoms with Crippen molar-refractivity contribution >= 4 is 17.0 Å². The molecule has 1 amide bonds. The van der Waals surface area contributed by atoms with Crippen LogP contribution in [-0.4, -0.2) is 29.2 Å². The topological polar surface area (TPSA) is 33.2 Å². The van der Waals surface area contributed by atoms with Crippen LogP contribution in [0.25, 0.3) is 0 Å². The maximum Gasteiger partial charge on any atom is 0.287 e. The summed E-state index contributed by atoms with van der Waals surface area (Å²) in [5, 5.41) is 0.747. The second kappa shape index (κ2) is 4.28. The van der Waals surface area contributed by atoms with Crippen molar-refractivity contribution in [2.75, 3.05) is 14.1 Å². The molecule has 0 aromatic carbocycles. The van der Waals surface area contributed by atoms with Crippen LogP contribution in [-0.2, 0) is 0 Å². The zero-order valence-electron chi connectivity index (χ0n) is 7.94. The summed E-state index contributed by atoms with van der Waals surface area (Å²) in [4.78, 5) is 17.0. The van der Waals surface area contributed by atoms with Crippen molar-refractivity contribution in [2.24, 2.45) is 0 Å². The van der Waals surface area contributed by atoms with E-state index in [-0.39, 0.29) is 5.24 Å². The maximum absolute atomic E-state index is 11.3. The van der Waals surface area contributed by atoms with Crippen LogP contribution in [0.2, 0.25) is 0 Å². The van der Waals surface area contributed by atoms with E-state index in [1.807, 2.05) is 25.1 Å². The molecule has 0 aliphatic rings. The van der Waals surface area contributed by atoms with E-state index in [1.165, 1.54) is 4.90 Å². The van der Waals surface area contributed by atoms with Crippen LogP contribution < -0.4 is 0 Å². The van der Waals surface area contributed by atoms with Gasteiger partial charge in [0.1, 0.15) is 5.03 Å². The predicted molar refractivity (Wildman–Crippen MR) is 53.9 cm³/mol. The monoisotopic (exact) mass is 196 g/mol. The second-order valence-corrected chi connectivity index (χ2v) is 3.85. The molecule has 0 spiro atoms. The third kappa shape index (κ3) is 3.06. The Morgan fingerprint density at radius 1 is 1.46 bits per heavy atom. The molecule has 0 unspecified atom stereocenters. The smallest absolute Gasteiger partial charge is 0.287 e. The highest BCUT2D eigenvalue weighted by atomic mass is 32.2. The molecule has 1 rings (SSSR count). The SMILES string of the molecule is Cc1cccc(SC(=O)N(C)C)n1. The van der Waals surface area contributed by atoms with Crippen LogP contribution in [0.1, 0.15) is 5.69 Å². The lowest BCUT2D eigenvalue weighted by atomic mass is 10.4. The molecule has 0 saturated carbocycles. The van der Waals surface area contributed by atoms with Gasteiger partial charge >= 0.3 is 0 Å². The molecule has 0 aliphatic heterocycles. The molecule has 1 heterocycles. The Kier molecular flexibility index (Phi) is 3.31. The van der Waals surface area contributed by atoms with Crippen LogP contribution in [0.3, 0.4) is 0 Å². The number of carbonyl (C=O) groups excluding carboxylic acids is 1. The molecule has 0 radical (unpaired) electrons. The van der Waals surface area contributed by atoms with Crippen LogP contribution in [0.5, 0.6) is 0 Å². The van der Waals surface area contributed by atoms with E-state index in [0.29, 0.717) is 0 Å². The number of amides is 1. The van der Waals surface area contributed by atoms with Gasteiger partial charge in [-0.1, -0.05) is 6.07 Å². The third-order valence-corrected chi connectivity index (χ3v) is 2.40. The largest absolute Gasteiger partial charge is 0.339 e. The molecule has 0 bridgehead atoms. The molecule has 0 atom stereocenters. The molecular formula is C9H12N2OS. The summed E-state index contributed by atoms with van der Waals surface area (Å²) in [5.41, 5.74) is 0.927. The van der Waals surface area contributed by atoms with Gasteiger partial charge in [-0.3, -0.25) is 4.79 Å².